The molecule has 0 saturated carbocycles. The Labute approximate surface area is 142 Å². The van der Waals surface area contributed by atoms with Crippen molar-refractivity contribution in [3.05, 3.63) is 29.2 Å². The van der Waals surface area contributed by atoms with E-state index in [-0.39, 0.29) is 5.41 Å². The minimum absolute atomic E-state index is 0.158. The Kier molecular flexibility index (Phi) is 3.60. The second kappa shape index (κ2) is 5.55. The molecule has 2 fully saturated rings. The molecule has 0 bridgehead atoms. The van der Waals surface area contributed by atoms with Crippen LogP contribution in [0.15, 0.2) is 12.3 Å². The summed E-state index contributed by atoms with van der Waals surface area (Å²) in [4.78, 5) is 21.6. The van der Waals surface area contributed by atoms with Gasteiger partial charge < -0.3 is 4.90 Å². The number of rotatable bonds is 2. The van der Waals surface area contributed by atoms with E-state index in [0.717, 1.165) is 68.0 Å². The highest BCUT2D eigenvalue weighted by Crippen LogP contribution is 2.40. The van der Waals surface area contributed by atoms with Gasteiger partial charge in [0.25, 0.3) is 0 Å². The Hall–Kier alpha value is -1.95. The zero-order valence-corrected chi connectivity index (χ0v) is 14.7. The molecular formula is C18H25N5O. The van der Waals surface area contributed by atoms with E-state index in [4.69, 9.17) is 0 Å². The molecule has 2 saturated heterocycles. The second-order valence-electron chi connectivity index (χ2n) is 7.52. The van der Waals surface area contributed by atoms with E-state index in [9.17, 15) is 4.79 Å². The van der Waals surface area contributed by atoms with E-state index in [0.29, 0.717) is 5.91 Å². The Bertz CT molecular complexity index is 798. The van der Waals surface area contributed by atoms with Crippen molar-refractivity contribution in [3.8, 4) is 0 Å². The van der Waals surface area contributed by atoms with Crippen molar-refractivity contribution in [3.63, 3.8) is 0 Å². The molecule has 1 spiro atoms. The summed E-state index contributed by atoms with van der Waals surface area (Å²) in [5, 5.41) is 4.48. The molecule has 2 aromatic rings. The summed E-state index contributed by atoms with van der Waals surface area (Å²) in [6.45, 7) is 7.63. The summed E-state index contributed by atoms with van der Waals surface area (Å²) < 4.78 is 1.91. The molecule has 4 rings (SSSR count). The molecule has 0 aliphatic carbocycles. The van der Waals surface area contributed by atoms with Crippen LogP contribution >= 0.6 is 0 Å². The number of aryl methyl sites for hydroxylation is 2. The number of likely N-dealkylation sites (tertiary alicyclic amines) is 2. The minimum Gasteiger partial charge on any atom is -0.345 e. The first-order valence-electron chi connectivity index (χ1n) is 8.77. The predicted molar refractivity (Wildman–Crippen MR) is 91.7 cm³/mol. The van der Waals surface area contributed by atoms with E-state index in [1.165, 1.54) is 0 Å². The first-order valence-corrected chi connectivity index (χ1v) is 8.77. The van der Waals surface area contributed by atoms with Gasteiger partial charge in [0.15, 0.2) is 5.65 Å². The molecule has 2 aliphatic rings. The third-order valence-electron chi connectivity index (χ3n) is 5.63. The van der Waals surface area contributed by atoms with Gasteiger partial charge in [-0.2, -0.15) is 5.10 Å². The lowest BCUT2D eigenvalue weighted by Gasteiger charge is -2.37. The summed E-state index contributed by atoms with van der Waals surface area (Å²) in [6.07, 6.45) is 5.04. The van der Waals surface area contributed by atoms with Gasteiger partial charge in [0.05, 0.1) is 11.6 Å². The SMILES string of the molecule is Cc1cc(C)n2ncc(CN3CC[C@]4(CCCN(C)C4=O)C3)c2n1. The summed E-state index contributed by atoms with van der Waals surface area (Å²) in [6, 6.07) is 2.05. The van der Waals surface area contributed by atoms with Crippen molar-refractivity contribution in [1.82, 2.24) is 24.4 Å². The maximum absolute atomic E-state index is 12.7. The first kappa shape index (κ1) is 15.6. The molecule has 128 valence electrons. The molecule has 1 amide bonds. The average molecular weight is 327 g/mol. The average Bonchev–Trinajstić information content (AvgIpc) is 3.11. The smallest absolute Gasteiger partial charge is 0.229 e. The monoisotopic (exact) mass is 327 g/mol. The molecule has 6 nitrogen and oxygen atoms in total. The number of hydrogen-bond donors (Lipinski definition) is 0. The number of carbonyl (C=O) groups is 1. The van der Waals surface area contributed by atoms with E-state index in [1.807, 2.05) is 35.6 Å². The van der Waals surface area contributed by atoms with Crippen molar-refractivity contribution in [1.29, 1.82) is 0 Å². The zero-order chi connectivity index (χ0) is 16.9. The van der Waals surface area contributed by atoms with Gasteiger partial charge >= 0.3 is 0 Å². The molecule has 2 aliphatic heterocycles. The molecule has 1 atom stereocenters. The fourth-order valence-electron chi connectivity index (χ4n) is 4.41. The second-order valence-corrected chi connectivity index (χ2v) is 7.52. The fourth-order valence-corrected chi connectivity index (χ4v) is 4.41. The van der Waals surface area contributed by atoms with E-state index in [1.54, 1.807) is 0 Å². The molecule has 6 heteroatoms. The summed E-state index contributed by atoms with van der Waals surface area (Å²) in [5.74, 6) is 0.334. The maximum atomic E-state index is 12.7. The van der Waals surface area contributed by atoms with E-state index < -0.39 is 0 Å². The topological polar surface area (TPSA) is 53.7 Å². The largest absolute Gasteiger partial charge is 0.345 e. The van der Waals surface area contributed by atoms with Crippen LogP contribution in [0.3, 0.4) is 0 Å². The molecule has 0 N–H and O–H groups in total. The Morgan fingerprint density at radius 3 is 2.92 bits per heavy atom. The van der Waals surface area contributed by atoms with Gasteiger partial charge in [-0.15, -0.1) is 0 Å². The lowest BCUT2D eigenvalue weighted by atomic mass is 9.78. The lowest BCUT2D eigenvalue weighted by Crippen LogP contribution is -2.48. The van der Waals surface area contributed by atoms with Crippen LogP contribution in [0.5, 0.6) is 0 Å². The third kappa shape index (κ3) is 2.40. The lowest BCUT2D eigenvalue weighted by molar-refractivity contribution is -0.143. The minimum atomic E-state index is -0.158. The summed E-state index contributed by atoms with van der Waals surface area (Å²) in [5.41, 5.74) is 4.06. The Balaban J connectivity index is 1.56. The van der Waals surface area contributed by atoms with Crippen LogP contribution in [-0.4, -0.2) is 57.0 Å². The standard InChI is InChI=1S/C18H25N5O/c1-13-9-14(2)23-16(20-13)15(10-19-23)11-22-8-6-18(12-22)5-4-7-21(3)17(18)24/h9-10H,4-8,11-12H2,1-3H3/t18-/m1/s1. The summed E-state index contributed by atoms with van der Waals surface area (Å²) >= 11 is 0. The van der Waals surface area contributed by atoms with Crippen LogP contribution in [0, 0.1) is 19.3 Å². The van der Waals surface area contributed by atoms with Crippen molar-refractivity contribution >= 4 is 11.6 Å². The van der Waals surface area contributed by atoms with Crippen molar-refractivity contribution in [2.75, 3.05) is 26.7 Å². The Morgan fingerprint density at radius 1 is 1.25 bits per heavy atom. The highest BCUT2D eigenvalue weighted by atomic mass is 16.2. The molecular weight excluding hydrogens is 302 g/mol. The van der Waals surface area contributed by atoms with Crippen LogP contribution in [-0.2, 0) is 11.3 Å². The molecule has 0 aromatic carbocycles. The van der Waals surface area contributed by atoms with Gasteiger partial charge in [-0.25, -0.2) is 9.50 Å². The third-order valence-corrected chi connectivity index (χ3v) is 5.63. The fraction of sp³-hybridized carbons (Fsp3) is 0.611. The zero-order valence-electron chi connectivity index (χ0n) is 14.7. The molecule has 4 heterocycles. The van der Waals surface area contributed by atoms with Crippen LogP contribution in [0.1, 0.15) is 36.2 Å². The van der Waals surface area contributed by atoms with Gasteiger partial charge in [0, 0.05) is 43.6 Å². The number of amides is 1. The van der Waals surface area contributed by atoms with Crippen LogP contribution in [0.2, 0.25) is 0 Å². The van der Waals surface area contributed by atoms with Gasteiger partial charge in [-0.05, 0) is 45.7 Å². The highest BCUT2D eigenvalue weighted by molar-refractivity contribution is 5.83. The van der Waals surface area contributed by atoms with Crippen LogP contribution in [0.4, 0.5) is 0 Å². The number of fused-ring (bicyclic) bond motifs is 1. The molecule has 0 radical (unpaired) electrons. The number of hydrogen-bond acceptors (Lipinski definition) is 4. The van der Waals surface area contributed by atoms with Gasteiger partial charge in [0.2, 0.25) is 5.91 Å². The van der Waals surface area contributed by atoms with Crippen molar-refractivity contribution < 1.29 is 4.79 Å². The maximum Gasteiger partial charge on any atom is 0.229 e. The number of aromatic nitrogens is 3. The molecule has 0 unspecified atom stereocenters. The normalized spacial score (nSPS) is 25.3. The predicted octanol–water partition coefficient (Wildman–Crippen LogP) is 1.79. The molecule has 24 heavy (non-hydrogen) atoms. The molecule has 2 aromatic heterocycles. The van der Waals surface area contributed by atoms with Crippen molar-refractivity contribution in [2.45, 2.75) is 39.7 Å². The first-order chi connectivity index (χ1) is 11.5. The number of piperidine rings is 1. The highest BCUT2D eigenvalue weighted by Gasteiger charge is 2.47. The number of nitrogens with zero attached hydrogens (tertiary/aromatic N) is 5. The van der Waals surface area contributed by atoms with E-state index >= 15 is 0 Å². The van der Waals surface area contributed by atoms with Gasteiger partial charge in [0.1, 0.15) is 0 Å². The number of carbonyl (C=O) groups excluding carboxylic acids is 1. The Morgan fingerprint density at radius 2 is 2.08 bits per heavy atom. The van der Waals surface area contributed by atoms with Crippen molar-refractivity contribution in [2.24, 2.45) is 5.41 Å². The van der Waals surface area contributed by atoms with Crippen LogP contribution in [0.25, 0.3) is 5.65 Å². The quantitative estimate of drug-likeness (QED) is 0.844. The van der Waals surface area contributed by atoms with Gasteiger partial charge in [-0.3, -0.25) is 9.69 Å². The van der Waals surface area contributed by atoms with Gasteiger partial charge in [-0.1, -0.05) is 0 Å². The summed E-state index contributed by atoms with van der Waals surface area (Å²) in [7, 11) is 1.94. The van der Waals surface area contributed by atoms with E-state index in [2.05, 4.69) is 21.9 Å². The van der Waals surface area contributed by atoms with Crippen LogP contribution < -0.4 is 0 Å².